The zero-order chi connectivity index (χ0) is 13.0. The van der Waals surface area contributed by atoms with E-state index in [1.807, 2.05) is 6.07 Å². The highest BCUT2D eigenvalue weighted by Gasteiger charge is 2.09. The molecule has 0 unspecified atom stereocenters. The van der Waals surface area contributed by atoms with Crippen LogP contribution in [-0.2, 0) is 6.54 Å². The zero-order valence-electron chi connectivity index (χ0n) is 10.1. The van der Waals surface area contributed by atoms with E-state index in [9.17, 15) is 4.39 Å². The van der Waals surface area contributed by atoms with Crippen molar-refractivity contribution in [3.05, 3.63) is 40.2 Å². The van der Waals surface area contributed by atoms with Gasteiger partial charge < -0.3 is 5.32 Å². The van der Waals surface area contributed by atoms with E-state index in [-0.39, 0.29) is 5.82 Å². The fourth-order valence-electron chi connectivity index (χ4n) is 1.68. The molecule has 1 aromatic heterocycles. The number of H-pyrrole nitrogens is 1. The first-order valence-electron chi connectivity index (χ1n) is 5.91. The summed E-state index contributed by atoms with van der Waals surface area (Å²) in [4.78, 5) is 0. The first-order chi connectivity index (χ1) is 8.70. The SMILES string of the molecule is CCCNCc1cc(-c2cc(Br)ccc2F)n[nH]1. The lowest BCUT2D eigenvalue weighted by molar-refractivity contribution is 0.630. The summed E-state index contributed by atoms with van der Waals surface area (Å²) in [5.41, 5.74) is 2.09. The maximum Gasteiger partial charge on any atom is 0.132 e. The van der Waals surface area contributed by atoms with Crippen molar-refractivity contribution in [2.45, 2.75) is 19.9 Å². The van der Waals surface area contributed by atoms with E-state index in [1.165, 1.54) is 6.07 Å². The summed E-state index contributed by atoms with van der Waals surface area (Å²) in [6.07, 6.45) is 1.08. The monoisotopic (exact) mass is 311 g/mol. The molecule has 96 valence electrons. The highest BCUT2D eigenvalue weighted by atomic mass is 79.9. The Morgan fingerprint density at radius 1 is 1.39 bits per heavy atom. The van der Waals surface area contributed by atoms with Crippen LogP contribution in [0.3, 0.4) is 0 Å². The number of nitrogens with zero attached hydrogens (tertiary/aromatic N) is 1. The average Bonchev–Trinajstić information content (AvgIpc) is 2.81. The van der Waals surface area contributed by atoms with E-state index < -0.39 is 0 Å². The number of hydrogen-bond acceptors (Lipinski definition) is 2. The predicted molar refractivity (Wildman–Crippen MR) is 73.7 cm³/mol. The van der Waals surface area contributed by atoms with Crippen molar-refractivity contribution in [2.75, 3.05) is 6.54 Å². The summed E-state index contributed by atoms with van der Waals surface area (Å²) in [5, 5.41) is 10.3. The highest BCUT2D eigenvalue weighted by Crippen LogP contribution is 2.25. The Balaban J connectivity index is 2.16. The number of aromatic nitrogens is 2. The molecule has 5 heteroatoms. The van der Waals surface area contributed by atoms with Gasteiger partial charge in [0.1, 0.15) is 5.82 Å². The normalized spacial score (nSPS) is 10.8. The largest absolute Gasteiger partial charge is 0.311 e. The van der Waals surface area contributed by atoms with Crippen molar-refractivity contribution < 1.29 is 4.39 Å². The van der Waals surface area contributed by atoms with Gasteiger partial charge in [0.2, 0.25) is 0 Å². The standard InChI is InChI=1S/C13H15BrFN3/c1-2-5-16-8-10-7-13(18-17-10)11-6-9(14)3-4-12(11)15/h3-4,6-7,16H,2,5,8H2,1H3,(H,17,18). The van der Waals surface area contributed by atoms with Crippen LogP contribution in [-0.4, -0.2) is 16.7 Å². The van der Waals surface area contributed by atoms with E-state index >= 15 is 0 Å². The molecule has 0 atom stereocenters. The minimum Gasteiger partial charge on any atom is -0.311 e. The van der Waals surface area contributed by atoms with Crippen LogP contribution >= 0.6 is 15.9 Å². The molecular formula is C13H15BrFN3. The van der Waals surface area contributed by atoms with Crippen molar-refractivity contribution in [1.82, 2.24) is 15.5 Å². The second-order valence-corrected chi connectivity index (χ2v) is 5.00. The number of halogens is 2. The maximum absolute atomic E-state index is 13.7. The Hall–Kier alpha value is -1.20. The number of benzene rings is 1. The molecule has 2 aromatic rings. The fraction of sp³-hybridized carbons (Fsp3) is 0.308. The van der Waals surface area contributed by atoms with E-state index in [1.54, 1.807) is 12.1 Å². The number of rotatable bonds is 5. The molecule has 2 rings (SSSR count). The van der Waals surface area contributed by atoms with Gasteiger partial charge >= 0.3 is 0 Å². The number of aromatic amines is 1. The molecule has 0 saturated heterocycles. The van der Waals surface area contributed by atoms with E-state index in [0.29, 0.717) is 11.3 Å². The third-order valence-corrected chi connectivity index (χ3v) is 3.07. The van der Waals surface area contributed by atoms with Crippen LogP contribution in [0.2, 0.25) is 0 Å². The van der Waals surface area contributed by atoms with Gasteiger partial charge in [0, 0.05) is 22.3 Å². The zero-order valence-corrected chi connectivity index (χ0v) is 11.7. The molecule has 18 heavy (non-hydrogen) atoms. The minimum atomic E-state index is -0.266. The molecule has 2 N–H and O–H groups in total. The third-order valence-electron chi connectivity index (χ3n) is 2.58. The summed E-state index contributed by atoms with van der Waals surface area (Å²) in [5.74, 6) is -0.266. The van der Waals surface area contributed by atoms with Gasteiger partial charge in [-0.1, -0.05) is 22.9 Å². The summed E-state index contributed by atoms with van der Waals surface area (Å²) < 4.78 is 14.5. The molecular weight excluding hydrogens is 297 g/mol. The van der Waals surface area contributed by atoms with Gasteiger partial charge in [0.05, 0.1) is 5.69 Å². The molecule has 1 heterocycles. The van der Waals surface area contributed by atoms with Crippen LogP contribution in [0.15, 0.2) is 28.7 Å². The van der Waals surface area contributed by atoms with Crippen LogP contribution in [0, 0.1) is 5.82 Å². The van der Waals surface area contributed by atoms with Gasteiger partial charge in [-0.05, 0) is 37.2 Å². The van der Waals surface area contributed by atoms with Gasteiger partial charge in [-0.15, -0.1) is 0 Å². The van der Waals surface area contributed by atoms with Gasteiger partial charge in [0.25, 0.3) is 0 Å². The van der Waals surface area contributed by atoms with Gasteiger partial charge in [-0.25, -0.2) is 4.39 Å². The summed E-state index contributed by atoms with van der Waals surface area (Å²) in [7, 11) is 0. The number of hydrogen-bond donors (Lipinski definition) is 2. The van der Waals surface area contributed by atoms with Crippen LogP contribution < -0.4 is 5.32 Å². The first-order valence-corrected chi connectivity index (χ1v) is 6.70. The molecule has 1 aromatic carbocycles. The molecule has 0 saturated carbocycles. The Morgan fingerprint density at radius 2 is 2.22 bits per heavy atom. The molecule has 0 fully saturated rings. The molecule has 3 nitrogen and oxygen atoms in total. The van der Waals surface area contributed by atoms with Crippen LogP contribution in [0.5, 0.6) is 0 Å². The Labute approximate surface area is 114 Å². The molecule has 0 spiro atoms. The Bertz CT molecular complexity index is 525. The molecule has 0 bridgehead atoms. The highest BCUT2D eigenvalue weighted by molar-refractivity contribution is 9.10. The fourth-order valence-corrected chi connectivity index (χ4v) is 2.04. The number of nitrogens with one attached hydrogen (secondary N) is 2. The molecule has 0 aliphatic heterocycles. The minimum absolute atomic E-state index is 0.266. The second kappa shape index (κ2) is 6.11. The van der Waals surface area contributed by atoms with Gasteiger partial charge in [0.15, 0.2) is 0 Å². The van der Waals surface area contributed by atoms with Crippen molar-refractivity contribution in [1.29, 1.82) is 0 Å². The third kappa shape index (κ3) is 3.17. The average molecular weight is 312 g/mol. The summed E-state index contributed by atoms with van der Waals surface area (Å²) >= 11 is 3.33. The topological polar surface area (TPSA) is 40.7 Å². The van der Waals surface area contributed by atoms with Crippen molar-refractivity contribution in [3.63, 3.8) is 0 Å². The molecule has 0 aliphatic carbocycles. The van der Waals surface area contributed by atoms with Crippen LogP contribution in [0.1, 0.15) is 19.0 Å². The molecule has 0 radical (unpaired) electrons. The van der Waals surface area contributed by atoms with E-state index in [2.05, 4.69) is 38.4 Å². The Kier molecular flexibility index (Phi) is 4.49. The Morgan fingerprint density at radius 3 is 3.00 bits per heavy atom. The van der Waals surface area contributed by atoms with Crippen molar-refractivity contribution >= 4 is 15.9 Å². The van der Waals surface area contributed by atoms with Gasteiger partial charge in [-0.3, -0.25) is 5.10 Å². The predicted octanol–water partition coefficient (Wildman–Crippen LogP) is 3.48. The van der Waals surface area contributed by atoms with Gasteiger partial charge in [-0.2, -0.15) is 5.10 Å². The maximum atomic E-state index is 13.7. The lowest BCUT2D eigenvalue weighted by Crippen LogP contribution is -2.13. The van der Waals surface area contributed by atoms with E-state index in [0.717, 1.165) is 29.7 Å². The van der Waals surface area contributed by atoms with Crippen molar-refractivity contribution in [2.24, 2.45) is 0 Å². The van der Waals surface area contributed by atoms with Crippen molar-refractivity contribution in [3.8, 4) is 11.3 Å². The second-order valence-electron chi connectivity index (χ2n) is 4.08. The summed E-state index contributed by atoms with van der Waals surface area (Å²) in [6.45, 7) is 3.79. The molecule has 0 amide bonds. The summed E-state index contributed by atoms with van der Waals surface area (Å²) in [6, 6.07) is 6.71. The van der Waals surface area contributed by atoms with E-state index in [4.69, 9.17) is 0 Å². The van der Waals surface area contributed by atoms with Crippen LogP contribution in [0.25, 0.3) is 11.3 Å². The smallest absolute Gasteiger partial charge is 0.132 e. The first kappa shape index (κ1) is 13.2. The van der Waals surface area contributed by atoms with Crippen LogP contribution in [0.4, 0.5) is 4.39 Å². The lowest BCUT2D eigenvalue weighted by Gasteiger charge is -2.00. The lowest BCUT2D eigenvalue weighted by atomic mass is 10.1. The molecule has 0 aliphatic rings. The quantitative estimate of drug-likeness (QED) is 0.830.